The molecule has 2 aromatic heterocycles. The van der Waals surface area contributed by atoms with E-state index in [1.165, 1.54) is 11.1 Å². The van der Waals surface area contributed by atoms with Gasteiger partial charge in [0.15, 0.2) is 5.82 Å². The summed E-state index contributed by atoms with van der Waals surface area (Å²) in [6.45, 7) is 0. The highest BCUT2D eigenvalue weighted by Crippen LogP contribution is 2.35. The van der Waals surface area contributed by atoms with Crippen LogP contribution in [0.1, 0.15) is 0 Å². The Morgan fingerprint density at radius 1 is 0.345 bits per heavy atom. The van der Waals surface area contributed by atoms with E-state index in [2.05, 4.69) is 193 Å². The summed E-state index contributed by atoms with van der Waals surface area (Å²) in [4.78, 5) is 15.5. The summed E-state index contributed by atoms with van der Waals surface area (Å²) in [7, 11) is 0. The fourth-order valence-electron chi connectivity index (χ4n) is 7.48. The highest BCUT2D eigenvalue weighted by Gasteiger charge is 2.16. The second-order valence-corrected chi connectivity index (χ2v) is 13.7. The lowest BCUT2D eigenvalue weighted by Gasteiger charge is -2.13. The summed E-state index contributed by atoms with van der Waals surface area (Å²) in [6, 6.07) is 72.1. The zero-order valence-electron chi connectivity index (χ0n) is 29.9. The molecule has 8 aromatic carbocycles. The molecule has 0 radical (unpaired) electrons. The first-order valence-corrected chi connectivity index (χ1v) is 18.5. The highest BCUT2D eigenvalue weighted by atomic mass is 15.1. The summed E-state index contributed by atoms with van der Waals surface area (Å²) in [5, 5.41) is 2.29. The van der Waals surface area contributed by atoms with Gasteiger partial charge in [0.25, 0.3) is 0 Å². The lowest BCUT2D eigenvalue weighted by Crippen LogP contribution is -1.97. The number of para-hydroxylation sites is 3. The van der Waals surface area contributed by atoms with Gasteiger partial charge < -0.3 is 0 Å². The Hall–Kier alpha value is -7.43. The number of hydrogen-bond acceptors (Lipinski definition) is 3. The van der Waals surface area contributed by atoms with Gasteiger partial charge in [0.1, 0.15) is 5.82 Å². The molecule has 10 aromatic rings. The van der Waals surface area contributed by atoms with E-state index in [1.54, 1.807) is 0 Å². The molecule has 0 atom stereocenters. The minimum atomic E-state index is 0.701. The molecule has 2 heterocycles. The van der Waals surface area contributed by atoms with Crippen LogP contribution in [0.5, 0.6) is 0 Å². The molecule has 0 fully saturated rings. The third kappa shape index (κ3) is 6.16. The van der Waals surface area contributed by atoms with Crippen LogP contribution in [0.3, 0.4) is 0 Å². The van der Waals surface area contributed by atoms with Crippen molar-refractivity contribution in [1.29, 1.82) is 0 Å². The van der Waals surface area contributed by atoms with Gasteiger partial charge in [-0.25, -0.2) is 15.0 Å². The molecule has 0 spiro atoms. The lowest BCUT2D eigenvalue weighted by molar-refractivity contribution is 1.10. The normalized spacial score (nSPS) is 11.3. The minimum absolute atomic E-state index is 0.701. The van der Waals surface area contributed by atoms with E-state index in [-0.39, 0.29) is 0 Å². The molecule has 0 aliphatic carbocycles. The summed E-state index contributed by atoms with van der Waals surface area (Å²) in [6.07, 6.45) is 0. The molecular formula is C51H34N4. The smallest absolute Gasteiger partial charge is 0.161 e. The van der Waals surface area contributed by atoms with Crippen molar-refractivity contribution in [2.45, 2.75) is 0 Å². The molecule has 4 nitrogen and oxygen atoms in total. The number of hydrogen-bond donors (Lipinski definition) is 0. The maximum atomic E-state index is 5.24. The van der Waals surface area contributed by atoms with Crippen LogP contribution < -0.4 is 0 Å². The number of benzene rings is 8. The topological polar surface area (TPSA) is 43.6 Å². The number of imidazole rings is 1. The van der Waals surface area contributed by atoms with Gasteiger partial charge in [-0.15, -0.1) is 0 Å². The molecule has 4 heteroatoms. The van der Waals surface area contributed by atoms with E-state index >= 15 is 0 Å². The molecule has 0 saturated carbocycles. The van der Waals surface area contributed by atoms with Crippen molar-refractivity contribution < 1.29 is 0 Å². The van der Waals surface area contributed by atoms with Crippen LogP contribution in [0.4, 0.5) is 0 Å². The number of nitrogens with zero attached hydrogens (tertiary/aromatic N) is 4. The predicted molar refractivity (Wildman–Crippen MR) is 227 cm³/mol. The van der Waals surface area contributed by atoms with Gasteiger partial charge in [-0.3, -0.25) is 4.57 Å². The summed E-state index contributed by atoms with van der Waals surface area (Å²) in [5.41, 5.74) is 13.6. The van der Waals surface area contributed by atoms with E-state index in [4.69, 9.17) is 15.0 Å². The molecule has 0 aliphatic rings. The van der Waals surface area contributed by atoms with E-state index in [0.29, 0.717) is 5.82 Å². The molecule has 55 heavy (non-hydrogen) atoms. The molecule has 0 saturated heterocycles. The second kappa shape index (κ2) is 13.8. The number of fused-ring (bicyclic) bond motifs is 2. The van der Waals surface area contributed by atoms with Crippen molar-refractivity contribution in [2.75, 3.05) is 0 Å². The molecule has 0 bridgehead atoms. The molecular weight excluding hydrogens is 669 g/mol. The molecule has 0 unspecified atom stereocenters. The van der Waals surface area contributed by atoms with E-state index in [9.17, 15) is 0 Å². The maximum Gasteiger partial charge on any atom is 0.161 e. The average molecular weight is 703 g/mol. The van der Waals surface area contributed by atoms with E-state index in [1.807, 2.05) is 18.2 Å². The standard InChI is InChI=1S/C51H34N4/c1-3-13-35(14-4-1)36-25-29-39(30-26-36)47-34-48(53-50(52-47)45-22-12-16-38-15-7-8-21-44(38)45)42-18-11-17-41(33-42)37-27-31-40(32-28-37)51-54-46-23-9-10-24-49(46)55(51)43-19-5-2-6-20-43/h1-34H. The van der Waals surface area contributed by atoms with Crippen LogP contribution in [0.2, 0.25) is 0 Å². The Morgan fingerprint density at radius 2 is 0.891 bits per heavy atom. The fraction of sp³-hybridized carbons (Fsp3) is 0. The van der Waals surface area contributed by atoms with E-state index in [0.717, 1.165) is 78.1 Å². The number of aromatic nitrogens is 4. The summed E-state index contributed by atoms with van der Waals surface area (Å²) >= 11 is 0. The maximum absolute atomic E-state index is 5.24. The Balaban J connectivity index is 1.05. The van der Waals surface area contributed by atoms with Gasteiger partial charge in [0.05, 0.1) is 22.4 Å². The van der Waals surface area contributed by atoms with Crippen molar-refractivity contribution >= 4 is 21.8 Å². The van der Waals surface area contributed by atoms with Crippen LogP contribution in [0.25, 0.3) is 95.0 Å². The van der Waals surface area contributed by atoms with Crippen LogP contribution in [0.15, 0.2) is 206 Å². The fourth-order valence-corrected chi connectivity index (χ4v) is 7.48. The minimum Gasteiger partial charge on any atom is -0.292 e. The molecule has 0 amide bonds. The molecule has 258 valence electrons. The monoisotopic (exact) mass is 702 g/mol. The Morgan fingerprint density at radius 3 is 1.69 bits per heavy atom. The lowest BCUT2D eigenvalue weighted by atomic mass is 9.98. The van der Waals surface area contributed by atoms with Gasteiger partial charge in [0.2, 0.25) is 0 Å². The van der Waals surface area contributed by atoms with Gasteiger partial charge >= 0.3 is 0 Å². The van der Waals surface area contributed by atoms with Gasteiger partial charge in [-0.05, 0) is 69.4 Å². The Labute approximate surface area is 319 Å². The van der Waals surface area contributed by atoms with Crippen molar-refractivity contribution in [1.82, 2.24) is 19.5 Å². The summed E-state index contributed by atoms with van der Waals surface area (Å²) < 4.78 is 2.24. The highest BCUT2D eigenvalue weighted by molar-refractivity contribution is 5.95. The van der Waals surface area contributed by atoms with Gasteiger partial charge in [0, 0.05) is 27.9 Å². The zero-order valence-corrected chi connectivity index (χ0v) is 29.9. The quantitative estimate of drug-likeness (QED) is 0.166. The SMILES string of the molecule is c1ccc(-c2ccc(-c3cc(-c4cccc(-c5ccc(-c6nc7ccccc7n6-c6ccccc6)cc5)c4)nc(-c4cccc5ccccc45)n3)cc2)cc1. The molecule has 0 aliphatic heterocycles. The first-order valence-electron chi connectivity index (χ1n) is 18.5. The van der Waals surface area contributed by atoms with Crippen molar-refractivity contribution in [3.05, 3.63) is 206 Å². The van der Waals surface area contributed by atoms with E-state index < -0.39 is 0 Å². The van der Waals surface area contributed by atoms with Crippen molar-refractivity contribution in [2.24, 2.45) is 0 Å². The van der Waals surface area contributed by atoms with Gasteiger partial charge in [-0.2, -0.15) is 0 Å². The third-order valence-corrected chi connectivity index (χ3v) is 10.3. The van der Waals surface area contributed by atoms with Crippen LogP contribution in [0, 0.1) is 0 Å². The van der Waals surface area contributed by atoms with Crippen molar-refractivity contribution in [3.63, 3.8) is 0 Å². The molecule has 0 N–H and O–H groups in total. The second-order valence-electron chi connectivity index (χ2n) is 13.7. The van der Waals surface area contributed by atoms with Crippen molar-refractivity contribution in [3.8, 4) is 73.2 Å². The first-order chi connectivity index (χ1) is 27.2. The predicted octanol–water partition coefficient (Wildman–Crippen LogP) is 13.0. The first kappa shape index (κ1) is 32.2. The van der Waals surface area contributed by atoms with Crippen LogP contribution >= 0.6 is 0 Å². The Kier molecular flexibility index (Phi) is 8.12. The third-order valence-electron chi connectivity index (χ3n) is 10.3. The summed E-state index contributed by atoms with van der Waals surface area (Å²) in [5.74, 6) is 1.62. The zero-order chi connectivity index (χ0) is 36.6. The molecule has 10 rings (SSSR count). The van der Waals surface area contributed by atoms with Crippen LogP contribution in [-0.4, -0.2) is 19.5 Å². The number of rotatable bonds is 7. The van der Waals surface area contributed by atoms with Gasteiger partial charge in [-0.1, -0.05) is 170 Å². The average Bonchev–Trinajstić information content (AvgIpc) is 3.67. The Bertz CT molecular complexity index is 2940. The van der Waals surface area contributed by atoms with Crippen LogP contribution in [-0.2, 0) is 0 Å². The largest absolute Gasteiger partial charge is 0.292 e.